The summed E-state index contributed by atoms with van der Waals surface area (Å²) in [6.45, 7) is 0.102. The number of nitrogens with one attached hydrogen (secondary N) is 1. The lowest BCUT2D eigenvalue weighted by Gasteiger charge is -2.16. The summed E-state index contributed by atoms with van der Waals surface area (Å²) < 4.78 is 41.2. The molecule has 0 spiro atoms. The minimum absolute atomic E-state index is 0.102. The van der Waals surface area contributed by atoms with Crippen molar-refractivity contribution in [3.05, 3.63) is 100 Å². The Hall–Kier alpha value is -2.60. The number of halogens is 3. The van der Waals surface area contributed by atoms with Crippen molar-refractivity contribution in [2.75, 3.05) is 5.32 Å². The van der Waals surface area contributed by atoms with E-state index in [1.54, 1.807) is 30.3 Å². The Bertz CT molecular complexity index is 1340. The molecule has 0 unspecified atom stereocenters. The molecule has 4 aromatic rings. The molecule has 0 aliphatic heterocycles. The molecule has 4 aromatic carbocycles. The van der Waals surface area contributed by atoms with Gasteiger partial charge in [0.2, 0.25) is 9.84 Å². The van der Waals surface area contributed by atoms with Crippen LogP contribution in [0.1, 0.15) is 5.56 Å². The van der Waals surface area contributed by atoms with Crippen LogP contribution in [0.3, 0.4) is 0 Å². The van der Waals surface area contributed by atoms with Gasteiger partial charge in [-0.25, -0.2) is 12.8 Å². The molecule has 152 valence electrons. The van der Waals surface area contributed by atoms with Crippen molar-refractivity contribution < 1.29 is 12.8 Å². The summed E-state index contributed by atoms with van der Waals surface area (Å²) in [6.07, 6.45) is 0. The highest BCUT2D eigenvalue weighted by atomic mass is 35.5. The van der Waals surface area contributed by atoms with E-state index in [4.69, 9.17) is 23.2 Å². The van der Waals surface area contributed by atoms with Crippen molar-refractivity contribution in [1.29, 1.82) is 0 Å². The molecular formula is C23H16Cl2FNO2S. The smallest absolute Gasteiger partial charge is 0.209 e. The summed E-state index contributed by atoms with van der Waals surface area (Å²) in [5.41, 5.74) is 0.764. The standard InChI is InChI=1S/C23H16Cl2FNO2S/c24-17-8-10-19(11-9-17)30(28,29)23-20-4-2-1-3-15(20)6-12-22(23)27-14-16-5-7-18(25)13-21(16)26/h1-13,27H,14H2. The third kappa shape index (κ3) is 4.01. The van der Waals surface area contributed by atoms with Crippen molar-refractivity contribution in [2.24, 2.45) is 0 Å². The van der Waals surface area contributed by atoms with Crippen LogP contribution in [0.4, 0.5) is 10.1 Å². The highest BCUT2D eigenvalue weighted by Gasteiger charge is 2.24. The fraction of sp³-hybridized carbons (Fsp3) is 0.0435. The largest absolute Gasteiger partial charge is 0.380 e. The van der Waals surface area contributed by atoms with E-state index in [0.29, 0.717) is 26.7 Å². The molecule has 7 heteroatoms. The molecule has 0 bridgehead atoms. The third-order valence-corrected chi connectivity index (χ3v) is 7.11. The van der Waals surface area contributed by atoms with E-state index in [1.165, 1.54) is 30.3 Å². The number of fused-ring (bicyclic) bond motifs is 1. The second kappa shape index (κ2) is 8.26. The monoisotopic (exact) mass is 459 g/mol. The van der Waals surface area contributed by atoms with Crippen LogP contribution in [-0.4, -0.2) is 8.42 Å². The highest BCUT2D eigenvalue weighted by molar-refractivity contribution is 7.92. The number of hydrogen-bond acceptors (Lipinski definition) is 3. The summed E-state index contributed by atoms with van der Waals surface area (Å²) >= 11 is 11.7. The van der Waals surface area contributed by atoms with E-state index in [0.717, 1.165) is 5.39 Å². The second-order valence-corrected chi connectivity index (χ2v) is 9.47. The molecule has 0 radical (unpaired) electrons. The summed E-state index contributed by atoms with van der Waals surface area (Å²) in [7, 11) is -3.87. The van der Waals surface area contributed by atoms with Gasteiger partial charge >= 0.3 is 0 Å². The Morgan fingerprint density at radius 3 is 2.27 bits per heavy atom. The molecule has 3 nitrogen and oxygen atoms in total. The molecule has 0 saturated heterocycles. The van der Waals surface area contributed by atoms with E-state index < -0.39 is 15.7 Å². The molecular weight excluding hydrogens is 444 g/mol. The van der Waals surface area contributed by atoms with Crippen molar-refractivity contribution in [3.8, 4) is 0 Å². The number of rotatable bonds is 5. The maximum absolute atomic E-state index is 14.2. The van der Waals surface area contributed by atoms with Gasteiger partial charge in [-0.2, -0.15) is 0 Å². The molecule has 0 amide bonds. The Morgan fingerprint density at radius 1 is 0.833 bits per heavy atom. The molecule has 1 N–H and O–H groups in total. The molecule has 0 aliphatic carbocycles. The number of anilines is 1. The normalized spacial score (nSPS) is 11.6. The highest BCUT2D eigenvalue weighted by Crippen LogP contribution is 2.35. The van der Waals surface area contributed by atoms with Gasteiger partial charge in [-0.05, 0) is 47.9 Å². The number of benzene rings is 4. The van der Waals surface area contributed by atoms with E-state index in [-0.39, 0.29) is 16.3 Å². The van der Waals surface area contributed by atoms with Crippen molar-refractivity contribution in [1.82, 2.24) is 0 Å². The van der Waals surface area contributed by atoms with Crippen molar-refractivity contribution in [3.63, 3.8) is 0 Å². The maximum atomic E-state index is 14.2. The first-order valence-electron chi connectivity index (χ1n) is 9.06. The quantitative estimate of drug-likeness (QED) is 0.359. The number of hydrogen-bond donors (Lipinski definition) is 1. The van der Waals surface area contributed by atoms with Gasteiger partial charge in [0.25, 0.3) is 0 Å². The first-order valence-corrected chi connectivity index (χ1v) is 11.3. The topological polar surface area (TPSA) is 46.2 Å². The van der Waals surface area contributed by atoms with Gasteiger partial charge in [-0.1, -0.05) is 59.6 Å². The number of sulfone groups is 1. The minimum Gasteiger partial charge on any atom is -0.380 e. The van der Waals surface area contributed by atoms with Crippen LogP contribution >= 0.6 is 23.2 Å². The predicted octanol–water partition coefficient (Wildman–Crippen LogP) is 6.73. The van der Waals surface area contributed by atoms with Gasteiger partial charge in [0.05, 0.1) is 10.6 Å². The Kier molecular flexibility index (Phi) is 5.69. The average molecular weight is 460 g/mol. The van der Waals surface area contributed by atoms with E-state index in [9.17, 15) is 12.8 Å². The fourth-order valence-electron chi connectivity index (χ4n) is 3.26. The lowest BCUT2D eigenvalue weighted by Crippen LogP contribution is -2.09. The Labute approximate surface area is 184 Å². The van der Waals surface area contributed by atoms with Gasteiger partial charge in [-0.3, -0.25) is 0 Å². The van der Waals surface area contributed by atoms with Crippen LogP contribution < -0.4 is 5.32 Å². The molecule has 0 atom stereocenters. The van der Waals surface area contributed by atoms with E-state index in [1.807, 2.05) is 18.2 Å². The van der Waals surface area contributed by atoms with Gasteiger partial charge < -0.3 is 5.32 Å². The van der Waals surface area contributed by atoms with Gasteiger partial charge in [0, 0.05) is 27.5 Å². The lowest BCUT2D eigenvalue weighted by atomic mass is 10.1. The summed E-state index contributed by atoms with van der Waals surface area (Å²) in [6, 6.07) is 21.2. The first kappa shape index (κ1) is 20.7. The maximum Gasteiger partial charge on any atom is 0.209 e. The van der Waals surface area contributed by atoms with Crippen molar-refractivity contribution in [2.45, 2.75) is 16.3 Å². The molecule has 30 heavy (non-hydrogen) atoms. The summed E-state index contributed by atoms with van der Waals surface area (Å²) in [4.78, 5) is 0.265. The van der Waals surface area contributed by atoms with Crippen LogP contribution in [0.5, 0.6) is 0 Å². The van der Waals surface area contributed by atoms with Crippen LogP contribution in [-0.2, 0) is 16.4 Å². The predicted molar refractivity (Wildman–Crippen MR) is 120 cm³/mol. The molecule has 4 rings (SSSR count). The Balaban J connectivity index is 1.83. The molecule has 0 saturated carbocycles. The first-order chi connectivity index (χ1) is 14.4. The summed E-state index contributed by atoms with van der Waals surface area (Å²) in [5, 5.41) is 5.19. The van der Waals surface area contributed by atoms with Gasteiger partial charge in [0.15, 0.2) is 0 Å². The fourth-order valence-corrected chi connectivity index (χ4v) is 5.18. The second-order valence-electron chi connectivity index (χ2n) is 6.71. The summed E-state index contributed by atoms with van der Waals surface area (Å²) in [5.74, 6) is -0.460. The van der Waals surface area contributed by atoms with Crippen LogP contribution in [0.25, 0.3) is 10.8 Å². The lowest BCUT2D eigenvalue weighted by molar-refractivity contribution is 0.597. The molecule has 0 heterocycles. The molecule has 0 fully saturated rings. The SMILES string of the molecule is O=S(=O)(c1ccc(Cl)cc1)c1c(NCc2ccc(Cl)cc2F)ccc2ccccc12. The third-order valence-electron chi connectivity index (χ3n) is 4.76. The van der Waals surface area contributed by atoms with E-state index in [2.05, 4.69) is 5.32 Å². The average Bonchev–Trinajstić information content (AvgIpc) is 2.73. The zero-order chi connectivity index (χ0) is 21.3. The van der Waals surface area contributed by atoms with Crippen LogP contribution in [0, 0.1) is 5.82 Å². The van der Waals surface area contributed by atoms with Gasteiger partial charge in [0.1, 0.15) is 10.7 Å². The van der Waals surface area contributed by atoms with Crippen LogP contribution in [0.2, 0.25) is 10.0 Å². The van der Waals surface area contributed by atoms with E-state index >= 15 is 0 Å². The Morgan fingerprint density at radius 2 is 1.53 bits per heavy atom. The molecule has 0 aliphatic rings. The minimum atomic E-state index is -3.87. The zero-order valence-corrected chi connectivity index (χ0v) is 17.9. The zero-order valence-electron chi connectivity index (χ0n) is 15.6. The van der Waals surface area contributed by atoms with Gasteiger partial charge in [-0.15, -0.1) is 0 Å². The van der Waals surface area contributed by atoms with Crippen molar-refractivity contribution >= 4 is 49.5 Å². The van der Waals surface area contributed by atoms with Crippen LogP contribution in [0.15, 0.2) is 88.7 Å². The molecule has 0 aromatic heterocycles.